The molecule has 0 spiro atoms. The van der Waals surface area contributed by atoms with E-state index in [1.54, 1.807) is 24.0 Å². The Morgan fingerprint density at radius 2 is 2.06 bits per heavy atom. The van der Waals surface area contributed by atoms with Crippen LogP contribution in [0.3, 0.4) is 0 Å². The molecule has 0 aliphatic rings. The molecule has 0 amide bonds. The maximum absolute atomic E-state index is 12.5. The first-order valence-corrected chi connectivity index (χ1v) is 5.36. The van der Waals surface area contributed by atoms with Crippen molar-refractivity contribution >= 4 is 12.4 Å². The summed E-state index contributed by atoms with van der Waals surface area (Å²) in [6.45, 7) is -4.84. The summed E-state index contributed by atoms with van der Waals surface area (Å²) in [7, 11) is 1.76. The van der Waals surface area contributed by atoms with E-state index in [9.17, 15) is 12.9 Å². The van der Waals surface area contributed by atoms with Gasteiger partial charge in [-0.1, -0.05) is 12.1 Å². The number of ether oxygens (including phenoxy) is 1. The SMILES string of the molecule is Cn1ccc(COc2cccc([B-](F)(F)F)c2)n1. The van der Waals surface area contributed by atoms with E-state index in [4.69, 9.17) is 4.74 Å². The van der Waals surface area contributed by atoms with Crippen LogP contribution in [-0.2, 0) is 13.7 Å². The van der Waals surface area contributed by atoms with E-state index >= 15 is 0 Å². The summed E-state index contributed by atoms with van der Waals surface area (Å²) in [6.07, 6.45) is 1.74. The third-order valence-corrected chi connectivity index (χ3v) is 2.39. The van der Waals surface area contributed by atoms with E-state index < -0.39 is 12.4 Å². The van der Waals surface area contributed by atoms with Crippen LogP contribution in [0.25, 0.3) is 0 Å². The van der Waals surface area contributed by atoms with Gasteiger partial charge in [-0.3, -0.25) is 4.68 Å². The van der Waals surface area contributed by atoms with Gasteiger partial charge in [0.1, 0.15) is 12.4 Å². The molecule has 96 valence electrons. The fourth-order valence-corrected chi connectivity index (χ4v) is 1.51. The number of rotatable bonds is 4. The van der Waals surface area contributed by atoms with Crippen LogP contribution in [0.15, 0.2) is 36.5 Å². The van der Waals surface area contributed by atoms with Crippen molar-refractivity contribution in [2.45, 2.75) is 6.61 Å². The van der Waals surface area contributed by atoms with Gasteiger partial charge in [-0.2, -0.15) is 5.10 Å². The number of benzene rings is 1. The molecule has 0 unspecified atom stereocenters. The molecule has 18 heavy (non-hydrogen) atoms. The van der Waals surface area contributed by atoms with Crippen LogP contribution < -0.4 is 10.2 Å². The molecular weight excluding hydrogens is 244 g/mol. The molecule has 1 aromatic heterocycles. The molecule has 3 nitrogen and oxygen atoms in total. The van der Waals surface area contributed by atoms with Crippen molar-refractivity contribution in [3.05, 3.63) is 42.2 Å². The second-order valence-corrected chi connectivity index (χ2v) is 3.92. The Kier molecular flexibility index (Phi) is 3.31. The Morgan fingerprint density at radius 3 is 2.67 bits per heavy atom. The standard InChI is InChI=1S/C11H11BF3N2O/c1-17-6-5-10(16-17)8-18-11-4-2-3-9(7-11)12(13,14)15/h2-7H,8H2,1H3/q-1. The second kappa shape index (κ2) is 4.76. The maximum atomic E-state index is 12.5. The van der Waals surface area contributed by atoms with Crippen molar-refractivity contribution < 1.29 is 17.7 Å². The number of aromatic nitrogens is 2. The first kappa shape index (κ1) is 12.5. The normalized spacial score (nSPS) is 11.6. The second-order valence-electron chi connectivity index (χ2n) is 3.92. The lowest BCUT2D eigenvalue weighted by Gasteiger charge is -2.15. The van der Waals surface area contributed by atoms with Crippen molar-refractivity contribution in [1.82, 2.24) is 9.78 Å². The lowest BCUT2D eigenvalue weighted by atomic mass is 9.80. The van der Waals surface area contributed by atoms with Gasteiger partial charge in [0.25, 0.3) is 0 Å². The van der Waals surface area contributed by atoms with Crippen LogP contribution >= 0.6 is 0 Å². The smallest absolute Gasteiger partial charge is 0.487 e. The molecule has 0 aliphatic heterocycles. The average molecular weight is 255 g/mol. The number of hydrogen-bond acceptors (Lipinski definition) is 2. The Morgan fingerprint density at radius 1 is 1.28 bits per heavy atom. The van der Waals surface area contributed by atoms with E-state index in [0.717, 1.165) is 12.1 Å². The number of hydrogen-bond donors (Lipinski definition) is 0. The topological polar surface area (TPSA) is 27.1 Å². The fraction of sp³-hybridized carbons (Fsp3) is 0.182. The van der Waals surface area contributed by atoms with Gasteiger partial charge in [0.15, 0.2) is 0 Å². The Balaban J connectivity index is 2.06. The Bertz CT molecular complexity index is 539. The predicted molar refractivity (Wildman–Crippen MR) is 62.7 cm³/mol. The third kappa shape index (κ3) is 3.06. The van der Waals surface area contributed by atoms with Gasteiger partial charge in [0, 0.05) is 13.2 Å². The predicted octanol–water partition coefficient (Wildman–Crippen LogP) is 2.05. The highest BCUT2D eigenvalue weighted by molar-refractivity contribution is 6.73. The molecule has 1 heterocycles. The summed E-state index contributed by atoms with van der Waals surface area (Å²) in [6, 6.07) is 6.61. The molecule has 0 N–H and O–H groups in total. The minimum Gasteiger partial charge on any atom is -0.487 e. The van der Waals surface area contributed by atoms with Crippen LogP contribution in [0.4, 0.5) is 12.9 Å². The molecule has 0 saturated heterocycles. The fourth-order valence-electron chi connectivity index (χ4n) is 1.51. The van der Waals surface area contributed by atoms with Gasteiger partial charge >= 0.3 is 6.98 Å². The molecule has 0 atom stereocenters. The molecule has 0 radical (unpaired) electrons. The van der Waals surface area contributed by atoms with Crippen LogP contribution in [-0.4, -0.2) is 16.8 Å². The van der Waals surface area contributed by atoms with Crippen molar-refractivity contribution in [1.29, 1.82) is 0 Å². The van der Waals surface area contributed by atoms with E-state index in [1.807, 2.05) is 0 Å². The summed E-state index contributed by atoms with van der Waals surface area (Å²) >= 11 is 0. The van der Waals surface area contributed by atoms with Gasteiger partial charge in [-0.05, 0) is 18.2 Å². The summed E-state index contributed by atoms with van der Waals surface area (Å²) in [5.41, 5.74) is 0.00828. The van der Waals surface area contributed by atoms with Crippen LogP contribution in [0, 0.1) is 0 Å². The zero-order valence-corrected chi connectivity index (χ0v) is 9.69. The molecule has 0 saturated carbocycles. The molecule has 1 aromatic carbocycles. The third-order valence-electron chi connectivity index (χ3n) is 2.39. The monoisotopic (exact) mass is 255 g/mol. The maximum Gasteiger partial charge on any atom is 0.509 e. The van der Waals surface area contributed by atoms with Crippen LogP contribution in [0.2, 0.25) is 0 Å². The Hall–Kier alpha value is -1.92. The first-order valence-electron chi connectivity index (χ1n) is 5.36. The van der Waals surface area contributed by atoms with Gasteiger partial charge < -0.3 is 17.7 Å². The lowest BCUT2D eigenvalue weighted by molar-refractivity contribution is 0.300. The summed E-state index contributed by atoms with van der Waals surface area (Å²) < 4.78 is 44.5. The van der Waals surface area contributed by atoms with Crippen molar-refractivity contribution in [3.63, 3.8) is 0 Å². The van der Waals surface area contributed by atoms with Gasteiger partial charge in [-0.15, -0.1) is 5.46 Å². The van der Waals surface area contributed by atoms with E-state index in [-0.39, 0.29) is 12.4 Å². The lowest BCUT2D eigenvalue weighted by Crippen LogP contribution is -2.33. The van der Waals surface area contributed by atoms with Crippen LogP contribution in [0.1, 0.15) is 5.69 Å². The average Bonchev–Trinajstić information content (AvgIpc) is 2.72. The van der Waals surface area contributed by atoms with E-state index in [1.165, 1.54) is 12.1 Å². The summed E-state index contributed by atoms with van der Waals surface area (Å²) in [5, 5.41) is 4.07. The first-order chi connectivity index (χ1) is 8.45. The Labute approximate surface area is 102 Å². The largest absolute Gasteiger partial charge is 0.509 e. The molecule has 0 fully saturated rings. The van der Waals surface area contributed by atoms with E-state index in [2.05, 4.69) is 5.10 Å². The van der Waals surface area contributed by atoms with Gasteiger partial charge in [0.2, 0.25) is 0 Å². The van der Waals surface area contributed by atoms with Gasteiger partial charge in [0.05, 0.1) is 5.69 Å². The quantitative estimate of drug-likeness (QED) is 0.782. The molecular formula is C11H11BF3N2O-. The van der Waals surface area contributed by atoms with Crippen molar-refractivity contribution in [2.75, 3.05) is 0 Å². The molecule has 0 aliphatic carbocycles. The summed E-state index contributed by atoms with van der Waals surface area (Å²) in [5.74, 6) is 0.192. The summed E-state index contributed by atoms with van der Waals surface area (Å²) in [4.78, 5) is 0. The van der Waals surface area contributed by atoms with Crippen LogP contribution in [0.5, 0.6) is 5.75 Å². The van der Waals surface area contributed by atoms with Gasteiger partial charge in [-0.25, -0.2) is 0 Å². The van der Waals surface area contributed by atoms with Crippen molar-refractivity contribution in [2.24, 2.45) is 7.05 Å². The van der Waals surface area contributed by atoms with Crippen molar-refractivity contribution in [3.8, 4) is 5.75 Å². The highest BCUT2D eigenvalue weighted by Crippen LogP contribution is 2.15. The number of aryl methyl sites for hydroxylation is 1. The minimum absolute atomic E-state index is 0.148. The highest BCUT2D eigenvalue weighted by atomic mass is 19.4. The number of halogens is 3. The molecule has 7 heteroatoms. The molecule has 0 bridgehead atoms. The minimum atomic E-state index is -4.99. The molecule has 2 aromatic rings. The zero-order valence-electron chi connectivity index (χ0n) is 9.69. The molecule has 2 rings (SSSR count). The van der Waals surface area contributed by atoms with E-state index in [0.29, 0.717) is 5.69 Å². The number of nitrogens with zero attached hydrogens (tertiary/aromatic N) is 2. The zero-order chi connectivity index (χ0) is 13.2. The highest BCUT2D eigenvalue weighted by Gasteiger charge is 2.25.